The summed E-state index contributed by atoms with van der Waals surface area (Å²) in [4.78, 5) is 16.2. The molecule has 1 amide bonds. The molecule has 0 unspecified atom stereocenters. The van der Waals surface area contributed by atoms with Crippen LogP contribution in [0.15, 0.2) is 72.9 Å². The van der Waals surface area contributed by atoms with Crippen molar-refractivity contribution in [2.24, 2.45) is 0 Å². The van der Waals surface area contributed by atoms with Gasteiger partial charge in [0, 0.05) is 17.6 Å². The van der Waals surface area contributed by atoms with Gasteiger partial charge in [-0.15, -0.1) is 0 Å². The number of aromatic nitrogens is 1. The summed E-state index contributed by atoms with van der Waals surface area (Å²) in [5.74, 6) is 0.00917. The van der Waals surface area contributed by atoms with Crippen molar-refractivity contribution < 1.29 is 18.0 Å². The molecule has 0 saturated heterocycles. The van der Waals surface area contributed by atoms with Crippen molar-refractivity contribution in [3.63, 3.8) is 0 Å². The van der Waals surface area contributed by atoms with Gasteiger partial charge in [0.15, 0.2) is 0 Å². The van der Waals surface area contributed by atoms with Crippen LogP contribution in [0.3, 0.4) is 0 Å². The molecule has 0 aliphatic carbocycles. The second kappa shape index (κ2) is 7.26. The van der Waals surface area contributed by atoms with Gasteiger partial charge in [0.1, 0.15) is 5.82 Å². The Hall–Kier alpha value is -3.35. The molecular formula is C19H14F3N3O. The van der Waals surface area contributed by atoms with E-state index in [0.29, 0.717) is 17.1 Å². The Bertz CT molecular complexity index is 894. The molecule has 0 aliphatic rings. The fraction of sp³-hybridized carbons (Fsp3) is 0.0526. The highest BCUT2D eigenvalue weighted by atomic mass is 19.4. The standard InChI is InChI=1S/C19H14F3N3O/c20-19(21,22)14-5-4-8-16(11-14)24-17-10-9-13(12-23-17)18(26)25-15-6-2-1-3-7-15/h1-12H,(H,23,24)(H,25,26). The first-order valence-corrected chi connectivity index (χ1v) is 7.68. The van der Waals surface area contributed by atoms with Crippen LogP contribution >= 0.6 is 0 Å². The zero-order valence-corrected chi connectivity index (χ0v) is 13.4. The van der Waals surface area contributed by atoms with E-state index in [-0.39, 0.29) is 11.6 Å². The lowest BCUT2D eigenvalue weighted by Gasteiger charge is -2.10. The minimum absolute atomic E-state index is 0.258. The quantitative estimate of drug-likeness (QED) is 0.683. The van der Waals surface area contributed by atoms with Crippen molar-refractivity contribution in [2.75, 3.05) is 10.6 Å². The minimum Gasteiger partial charge on any atom is -0.340 e. The van der Waals surface area contributed by atoms with Crippen molar-refractivity contribution in [3.8, 4) is 0 Å². The molecule has 2 N–H and O–H groups in total. The number of benzene rings is 2. The lowest BCUT2D eigenvalue weighted by molar-refractivity contribution is -0.137. The Labute approximate surface area is 147 Å². The molecule has 0 saturated carbocycles. The number of carbonyl (C=O) groups excluding carboxylic acids is 1. The molecule has 4 nitrogen and oxygen atoms in total. The van der Waals surface area contributed by atoms with E-state index in [1.165, 1.54) is 24.4 Å². The number of carbonyl (C=O) groups is 1. The third-order valence-corrected chi connectivity index (χ3v) is 3.52. The number of para-hydroxylation sites is 1. The van der Waals surface area contributed by atoms with Crippen LogP contribution < -0.4 is 10.6 Å². The molecule has 0 atom stereocenters. The maximum absolute atomic E-state index is 12.7. The molecular weight excluding hydrogens is 343 g/mol. The molecule has 1 aromatic heterocycles. The number of pyridine rings is 1. The highest BCUT2D eigenvalue weighted by Gasteiger charge is 2.30. The van der Waals surface area contributed by atoms with E-state index in [9.17, 15) is 18.0 Å². The van der Waals surface area contributed by atoms with Gasteiger partial charge < -0.3 is 10.6 Å². The van der Waals surface area contributed by atoms with Gasteiger partial charge in [0.2, 0.25) is 0 Å². The second-order valence-corrected chi connectivity index (χ2v) is 5.46. The van der Waals surface area contributed by atoms with Gasteiger partial charge in [-0.3, -0.25) is 4.79 Å². The Morgan fingerprint density at radius 1 is 0.885 bits per heavy atom. The third kappa shape index (κ3) is 4.38. The lowest BCUT2D eigenvalue weighted by Crippen LogP contribution is -2.12. The second-order valence-electron chi connectivity index (χ2n) is 5.46. The molecule has 7 heteroatoms. The number of anilines is 3. The highest BCUT2D eigenvalue weighted by molar-refractivity contribution is 6.04. The molecule has 0 aliphatic heterocycles. The maximum Gasteiger partial charge on any atom is 0.416 e. The van der Waals surface area contributed by atoms with E-state index in [0.717, 1.165) is 12.1 Å². The smallest absolute Gasteiger partial charge is 0.340 e. The summed E-state index contributed by atoms with van der Waals surface area (Å²) in [6.45, 7) is 0. The van der Waals surface area contributed by atoms with Gasteiger partial charge in [0.05, 0.1) is 11.1 Å². The van der Waals surface area contributed by atoms with Crippen LogP contribution in [-0.2, 0) is 6.18 Å². The van der Waals surface area contributed by atoms with Crippen LogP contribution in [-0.4, -0.2) is 10.9 Å². The molecule has 0 radical (unpaired) electrons. The summed E-state index contributed by atoms with van der Waals surface area (Å²) in [5.41, 5.74) is 0.502. The van der Waals surface area contributed by atoms with E-state index in [1.54, 1.807) is 30.3 Å². The fourth-order valence-corrected chi connectivity index (χ4v) is 2.25. The average molecular weight is 357 g/mol. The number of halogens is 3. The first kappa shape index (κ1) is 17.5. The van der Waals surface area contributed by atoms with Crippen LogP contribution in [0.1, 0.15) is 15.9 Å². The normalized spacial score (nSPS) is 11.0. The Kier molecular flexibility index (Phi) is 4.88. The van der Waals surface area contributed by atoms with Crippen LogP contribution in [0.2, 0.25) is 0 Å². The Balaban J connectivity index is 1.69. The van der Waals surface area contributed by atoms with Gasteiger partial charge in [-0.05, 0) is 42.5 Å². The number of hydrogen-bond acceptors (Lipinski definition) is 3. The molecule has 0 spiro atoms. The van der Waals surface area contributed by atoms with Crippen molar-refractivity contribution in [3.05, 3.63) is 84.1 Å². The number of nitrogens with one attached hydrogen (secondary N) is 2. The number of nitrogens with zero attached hydrogens (tertiary/aromatic N) is 1. The van der Waals surface area contributed by atoms with Gasteiger partial charge in [0.25, 0.3) is 5.91 Å². The van der Waals surface area contributed by atoms with Crippen LogP contribution in [0.25, 0.3) is 0 Å². The first-order valence-electron chi connectivity index (χ1n) is 7.68. The SMILES string of the molecule is O=C(Nc1ccccc1)c1ccc(Nc2cccc(C(F)(F)F)c2)nc1. The summed E-state index contributed by atoms with van der Waals surface area (Å²) in [5, 5.41) is 5.52. The molecule has 26 heavy (non-hydrogen) atoms. The predicted molar refractivity (Wildman–Crippen MR) is 93.4 cm³/mol. The van der Waals surface area contributed by atoms with Crippen molar-refractivity contribution in [1.29, 1.82) is 0 Å². The monoisotopic (exact) mass is 357 g/mol. The molecule has 1 heterocycles. The summed E-state index contributed by atoms with van der Waals surface area (Å²) in [7, 11) is 0. The van der Waals surface area contributed by atoms with Crippen molar-refractivity contribution in [2.45, 2.75) is 6.18 Å². The van der Waals surface area contributed by atoms with E-state index in [1.807, 2.05) is 6.07 Å². The van der Waals surface area contributed by atoms with E-state index in [4.69, 9.17) is 0 Å². The Morgan fingerprint density at radius 3 is 2.27 bits per heavy atom. The first-order chi connectivity index (χ1) is 12.4. The maximum atomic E-state index is 12.7. The van der Waals surface area contributed by atoms with Gasteiger partial charge in [-0.25, -0.2) is 4.98 Å². The van der Waals surface area contributed by atoms with Crippen LogP contribution in [0.4, 0.5) is 30.4 Å². The zero-order valence-electron chi connectivity index (χ0n) is 13.4. The highest BCUT2D eigenvalue weighted by Crippen LogP contribution is 2.31. The third-order valence-electron chi connectivity index (χ3n) is 3.52. The molecule has 132 valence electrons. The summed E-state index contributed by atoms with van der Waals surface area (Å²) >= 11 is 0. The number of rotatable bonds is 4. The predicted octanol–water partition coefficient (Wildman–Crippen LogP) is 5.10. The number of hydrogen-bond donors (Lipinski definition) is 2. The largest absolute Gasteiger partial charge is 0.416 e. The molecule has 0 bridgehead atoms. The summed E-state index contributed by atoms with van der Waals surface area (Å²) in [6.07, 6.45) is -3.06. The topological polar surface area (TPSA) is 54.0 Å². The zero-order chi connectivity index (χ0) is 18.6. The number of alkyl halides is 3. The van der Waals surface area contributed by atoms with Gasteiger partial charge in [-0.2, -0.15) is 13.2 Å². The molecule has 3 aromatic rings. The average Bonchev–Trinajstić information content (AvgIpc) is 2.63. The fourth-order valence-electron chi connectivity index (χ4n) is 2.25. The van der Waals surface area contributed by atoms with Gasteiger partial charge in [-0.1, -0.05) is 24.3 Å². The lowest BCUT2D eigenvalue weighted by atomic mass is 10.2. The molecule has 0 fully saturated rings. The number of amides is 1. The summed E-state index contributed by atoms with van der Waals surface area (Å²) in [6, 6.07) is 16.8. The summed E-state index contributed by atoms with van der Waals surface area (Å²) < 4.78 is 38.2. The van der Waals surface area contributed by atoms with E-state index >= 15 is 0 Å². The molecule has 2 aromatic carbocycles. The van der Waals surface area contributed by atoms with Gasteiger partial charge >= 0.3 is 6.18 Å². The minimum atomic E-state index is -4.41. The Morgan fingerprint density at radius 2 is 1.62 bits per heavy atom. The van der Waals surface area contributed by atoms with Crippen LogP contribution in [0.5, 0.6) is 0 Å². The van der Waals surface area contributed by atoms with Crippen molar-refractivity contribution >= 4 is 23.1 Å². The van der Waals surface area contributed by atoms with Crippen molar-refractivity contribution in [1.82, 2.24) is 4.98 Å². The molecule has 3 rings (SSSR count). The van der Waals surface area contributed by atoms with Crippen LogP contribution in [0, 0.1) is 0 Å². The van der Waals surface area contributed by atoms with E-state index < -0.39 is 11.7 Å². The van der Waals surface area contributed by atoms with E-state index in [2.05, 4.69) is 15.6 Å².